The number of hydrogen-bond acceptors (Lipinski definition) is 2. The van der Waals surface area contributed by atoms with Gasteiger partial charge in [0, 0.05) is 18.7 Å². The molecule has 1 aromatic heterocycles. The molecule has 1 aromatic carbocycles. The summed E-state index contributed by atoms with van der Waals surface area (Å²) in [6, 6.07) is 5.92. The summed E-state index contributed by atoms with van der Waals surface area (Å²) in [6.07, 6.45) is 6.52. The Morgan fingerprint density at radius 3 is 3.00 bits per heavy atom. The van der Waals surface area contributed by atoms with Gasteiger partial charge < -0.3 is 9.88 Å². The maximum Gasteiger partial charge on any atom is 0.127 e. The minimum Gasteiger partial charge on any atom is -0.327 e. The fourth-order valence-corrected chi connectivity index (χ4v) is 4.24. The number of imidazole rings is 1. The standard InChI is InChI=1S/C17H22FN3/c1-2-21-16-8-7-12(18)10-14(16)20-17(21)15-9-11-5-3-4-6-13(11)19-15/h7-8,10-11,13,15,19H,2-6,9H2,1H3. The van der Waals surface area contributed by atoms with Gasteiger partial charge in [-0.05, 0) is 44.2 Å². The quantitative estimate of drug-likeness (QED) is 0.910. The third kappa shape index (κ3) is 2.16. The number of aryl methyl sites for hydroxylation is 1. The first-order valence-electron chi connectivity index (χ1n) is 8.18. The predicted molar refractivity (Wildman–Crippen MR) is 81.6 cm³/mol. The Morgan fingerprint density at radius 1 is 1.33 bits per heavy atom. The summed E-state index contributed by atoms with van der Waals surface area (Å²) in [4.78, 5) is 4.74. The van der Waals surface area contributed by atoms with Crippen molar-refractivity contribution in [2.45, 2.75) is 57.7 Å². The van der Waals surface area contributed by atoms with Gasteiger partial charge >= 0.3 is 0 Å². The molecule has 2 aliphatic rings. The Bertz CT molecular complexity index is 649. The zero-order chi connectivity index (χ0) is 14.4. The average molecular weight is 287 g/mol. The highest BCUT2D eigenvalue weighted by atomic mass is 19.1. The molecule has 1 saturated carbocycles. The molecular formula is C17H22FN3. The van der Waals surface area contributed by atoms with Crippen molar-refractivity contribution in [2.75, 3.05) is 0 Å². The van der Waals surface area contributed by atoms with Gasteiger partial charge in [0.25, 0.3) is 0 Å². The Kier molecular flexibility index (Phi) is 3.21. The van der Waals surface area contributed by atoms with Gasteiger partial charge in [0.05, 0.1) is 17.1 Å². The van der Waals surface area contributed by atoms with Crippen LogP contribution in [0.25, 0.3) is 11.0 Å². The van der Waals surface area contributed by atoms with Gasteiger partial charge in [-0.15, -0.1) is 0 Å². The highest BCUT2D eigenvalue weighted by Gasteiger charge is 2.37. The molecule has 0 spiro atoms. The maximum absolute atomic E-state index is 13.4. The van der Waals surface area contributed by atoms with Gasteiger partial charge in [0.1, 0.15) is 11.6 Å². The summed E-state index contributed by atoms with van der Waals surface area (Å²) in [5.41, 5.74) is 1.83. The van der Waals surface area contributed by atoms with Gasteiger partial charge in [0.15, 0.2) is 0 Å². The second-order valence-electron chi connectivity index (χ2n) is 6.45. The van der Waals surface area contributed by atoms with Crippen LogP contribution in [0.15, 0.2) is 18.2 Å². The van der Waals surface area contributed by atoms with Gasteiger partial charge in [-0.3, -0.25) is 0 Å². The van der Waals surface area contributed by atoms with Crippen LogP contribution in [0.3, 0.4) is 0 Å². The van der Waals surface area contributed by atoms with Crippen LogP contribution in [0.4, 0.5) is 4.39 Å². The molecule has 2 fully saturated rings. The van der Waals surface area contributed by atoms with Gasteiger partial charge in [-0.2, -0.15) is 0 Å². The van der Waals surface area contributed by atoms with Crippen LogP contribution in [0.1, 0.15) is 50.9 Å². The van der Waals surface area contributed by atoms with Crippen LogP contribution in [-0.2, 0) is 6.54 Å². The number of rotatable bonds is 2. The summed E-state index contributed by atoms with van der Waals surface area (Å²) in [5, 5.41) is 3.78. The van der Waals surface area contributed by atoms with Crippen molar-refractivity contribution in [3.63, 3.8) is 0 Å². The van der Waals surface area contributed by atoms with Crippen molar-refractivity contribution in [1.29, 1.82) is 0 Å². The van der Waals surface area contributed by atoms with Crippen LogP contribution in [0.5, 0.6) is 0 Å². The number of aromatic nitrogens is 2. The molecule has 4 rings (SSSR count). The molecule has 0 amide bonds. The molecule has 112 valence electrons. The molecule has 1 aliphatic heterocycles. The molecule has 0 radical (unpaired) electrons. The van der Waals surface area contributed by atoms with Crippen molar-refractivity contribution in [2.24, 2.45) is 5.92 Å². The number of fused-ring (bicyclic) bond motifs is 2. The Morgan fingerprint density at radius 2 is 2.19 bits per heavy atom. The van der Waals surface area contributed by atoms with E-state index in [1.54, 1.807) is 6.07 Å². The van der Waals surface area contributed by atoms with Crippen molar-refractivity contribution >= 4 is 11.0 Å². The number of benzene rings is 1. The van der Waals surface area contributed by atoms with E-state index in [1.807, 2.05) is 6.07 Å². The third-order valence-corrected chi connectivity index (χ3v) is 5.23. The van der Waals surface area contributed by atoms with Gasteiger partial charge in [-0.25, -0.2) is 9.37 Å². The zero-order valence-corrected chi connectivity index (χ0v) is 12.5. The van der Waals surface area contributed by atoms with Crippen LogP contribution >= 0.6 is 0 Å². The smallest absolute Gasteiger partial charge is 0.127 e. The molecule has 2 heterocycles. The van der Waals surface area contributed by atoms with Gasteiger partial charge in [-0.1, -0.05) is 12.8 Å². The molecule has 2 aromatic rings. The summed E-state index contributed by atoms with van der Waals surface area (Å²) in [7, 11) is 0. The lowest BCUT2D eigenvalue weighted by atomic mass is 9.85. The lowest BCUT2D eigenvalue weighted by Gasteiger charge is -2.24. The molecule has 1 saturated heterocycles. The number of halogens is 1. The summed E-state index contributed by atoms with van der Waals surface area (Å²) >= 11 is 0. The minimum absolute atomic E-state index is 0.206. The van der Waals surface area contributed by atoms with Gasteiger partial charge in [0.2, 0.25) is 0 Å². The molecule has 21 heavy (non-hydrogen) atoms. The van der Waals surface area contributed by atoms with E-state index in [0.717, 1.165) is 29.3 Å². The number of nitrogens with zero attached hydrogens (tertiary/aromatic N) is 2. The Balaban J connectivity index is 1.73. The van der Waals surface area contributed by atoms with Crippen LogP contribution in [0, 0.1) is 11.7 Å². The fourth-order valence-electron chi connectivity index (χ4n) is 4.24. The largest absolute Gasteiger partial charge is 0.327 e. The molecule has 1 N–H and O–H groups in total. The maximum atomic E-state index is 13.4. The summed E-state index contributed by atoms with van der Waals surface area (Å²) in [6.45, 7) is 3.01. The zero-order valence-electron chi connectivity index (χ0n) is 12.5. The van der Waals surface area contributed by atoms with E-state index >= 15 is 0 Å². The number of hydrogen-bond donors (Lipinski definition) is 1. The van der Waals surface area contributed by atoms with Crippen LogP contribution in [-0.4, -0.2) is 15.6 Å². The molecule has 3 atom stereocenters. The van der Waals surface area contributed by atoms with Crippen molar-refractivity contribution in [3.05, 3.63) is 29.8 Å². The molecule has 0 bridgehead atoms. The van der Waals surface area contributed by atoms with Crippen LogP contribution < -0.4 is 5.32 Å². The van der Waals surface area contributed by atoms with E-state index in [9.17, 15) is 4.39 Å². The van der Waals surface area contributed by atoms with Crippen LogP contribution in [0.2, 0.25) is 0 Å². The molecular weight excluding hydrogens is 265 g/mol. The molecule has 3 nitrogen and oxygen atoms in total. The van der Waals surface area contributed by atoms with Crippen molar-refractivity contribution in [3.8, 4) is 0 Å². The highest BCUT2D eigenvalue weighted by molar-refractivity contribution is 5.76. The summed E-state index contributed by atoms with van der Waals surface area (Å²) < 4.78 is 15.7. The molecule has 3 unspecified atom stereocenters. The topological polar surface area (TPSA) is 29.9 Å². The van der Waals surface area contributed by atoms with E-state index in [2.05, 4.69) is 16.8 Å². The first-order chi connectivity index (χ1) is 10.3. The Labute approximate surface area is 124 Å². The lowest BCUT2D eigenvalue weighted by molar-refractivity contribution is 0.325. The first-order valence-corrected chi connectivity index (χ1v) is 8.18. The third-order valence-electron chi connectivity index (χ3n) is 5.23. The lowest BCUT2D eigenvalue weighted by Crippen LogP contribution is -2.31. The second-order valence-corrected chi connectivity index (χ2v) is 6.45. The van der Waals surface area contributed by atoms with E-state index in [0.29, 0.717) is 12.1 Å². The van der Waals surface area contributed by atoms with E-state index < -0.39 is 0 Å². The van der Waals surface area contributed by atoms with E-state index in [1.165, 1.54) is 38.2 Å². The average Bonchev–Trinajstić information content (AvgIpc) is 3.06. The number of nitrogens with one attached hydrogen (secondary N) is 1. The van der Waals surface area contributed by atoms with E-state index in [4.69, 9.17) is 4.98 Å². The van der Waals surface area contributed by atoms with Crippen molar-refractivity contribution < 1.29 is 4.39 Å². The van der Waals surface area contributed by atoms with Crippen molar-refractivity contribution in [1.82, 2.24) is 14.9 Å². The summed E-state index contributed by atoms with van der Waals surface area (Å²) in [5.74, 6) is 1.68. The highest BCUT2D eigenvalue weighted by Crippen LogP contribution is 2.39. The monoisotopic (exact) mass is 287 g/mol. The fraction of sp³-hybridized carbons (Fsp3) is 0.588. The second kappa shape index (κ2) is 5.09. The predicted octanol–water partition coefficient (Wildman–Crippen LogP) is 3.79. The minimum atomic E-state index is -0.206. The van der Waals surface area contributed by atoms with E-state index in [-0.39, 0.29) is 5.82 Å². The SMILES string of the molecule is CCn1c(C2CC3CCCCC3N2)nc2cc(F)ccc21. The first kappa shape index (κ1) is 13.3. The Hall–Kier alpha value is -1.42. The molecule has 1 aliphatic carbocycles. The molecule has 4 heteroatoms. The normalized spacial score (nSPS) is 29.0.